The first-order chi connectivity index (χ1) is 22.3. The molecule has 0 amide bonds. The number of nitrogens with one attached hydrogen (secondary N) is 1. The highest BCUT2D eigenvalue weighted by Gasteiger charge is 2.21. The van der Waals surface area contributed by atoms with Gasteiger partial charge in [0.1, 0.15) is 0 Å². The lowest BCUT2D eigenvalue weighted by molar-refractivity contribution is 0.879. The zero-order chi connectivity index (χ0) is 30.0. The van der Waals surface area contributed by atoms with Gasteiger partial charge in [0.15, 0.2) is 0 Å². The largest absolute Gasteiger partial charge is 0.361 e. The minimum atomic E-state index is 0.256. The van der Waals surface area contributed by atoms with E-state index in [2.05, 4.69) is 163 Å². The van der Waals surface area contributed by atoms with Gasteiger partial charge in [0.25, 0.3) is 0 Å². The predicted molar refractivity (Wildman–Crippen MR) is 189 cm³/mol. The SMILES string of the molecule is C1=C(c2ccc(-c3ccc(-c4ccc[nH]4)cc3)cc2)N=C(c2ccc(-c3cccc4ccccc34)cc2)CC1c1ccccc1. The molecule has 0 radical (unpaired) electrons. The standard InChI is InChI=1S/C43H32N2/c1-2-8-30(9-3-1)38-28-42(36-23-17-32(18-24-36)31-15-21-35(22-16-31)41-14-7-27-44-41)45-43(29-38)37-25-19-34(20-26-37)40-13-6-11-33-10-4-5-12-39(33)40/h1-28,38,44H,29H2. The number of aromatic nitrogens is 1. The van der Waals surface area contributed by atoms with Gasteiger partial charge < -0.3 is 4.98 Å². The lowest BCUT2D eigenvalue weighted by Gasteiger charge is -2.22. The molecule has 0 spiro atoms. The molecule has 45 heavy (non-hydrogen) atoms. The molecule has 1 unspecified atom stereocenters. The van der Waals surface area contributed by atoms with E-state index >= 15 is 0 Å². The fourth-order valence-electron chi connectivity index (χ4n) is 6.45. The molecule has 0 saturated carbocycles. The minimum Gasteiger partial charge on any atom is -0.361 e. The van der Waals surface area contributed by atoms with Gasteiger partial charge in [-0.05, 0) is 67.4 Å². The fraction of sp³-hybridized carbons (Fsp3) is 0.0465. The Labute approximate surface area is 264 Å². The number of hydrogen-bond acceptors (Lipinski definition) is 1. The molecular weight excluding hydrogens is 544 g/mol. The van der Waals surface area contributed by atoms with Crippen LogP contribution in [0.4, 0.5) is 0 Å². The number of H-pyrrole nitrogens is 1. The second-order valence-electron chi connectivity index (χ2n) is 11.7. The minimum absolute atomic E-state index is 0.256. The summed E-state index contributed by atoms with van der Waals surface area (Å²) in [4.78, 5) is 8.55. The topological polar surface area (TPSA) is 28.1 Å². The van der Waals surface area contributed by atoms with Crippen LogP contribution in [-0.4, -0.2) is 10.7 Å². The quantitative estimate of drug-likeness (QED) is 0.204. The molecule has 2 heteroatoms. The molecule has 0 bridgehead atoms. The number of nitrogens with zero attached hydrogens (tertiary/aromatic N) is 1. The number of aliphatic imine (C=N–C) groups is 1. The van der Waals surface area contributed by atoms with E-state index in [0.717, 1.165) is 29.1 Å². The smallest absolute Gasteiger partial charge is 0.0672 e. The molecule has 214 valence electrons. The van der Waals surface area contributed by atoms with Crippen LogP contribution in [0.1, 0.15) is 29.0 Å². The highest BCUT2D eigenvalue weighted by atomic mass is 14.8. The second kappa shape index (κ2) is 11.7. The van der Waals surface area contributed by atoms with E-state index in [1.807, 2.05) is 12.3 Å². The van der Waals surface area contributed by atoms with Gasteiger partial charge in [-0.1, -0.05) is 152 Å². The lowest BCUT2D eigenvalue weighted by Crippen LogP contribution is -2.12. The van der Waals surface area contributed by atoms with E-state index in [0.29, 0.717) is 0 Å². The first kappa shape index (κ1) is 26.9. The molecule has 2 heterocycles. The molecule has 6 aromatic carbocycles. The Kier molecular flexibility index (Phi) is 7.01. The Bertz CT molecular complexity index is 2130. The summed E-state index contributed by atoms with van der Waals surface area (Å²) in [5.41, 5.74) is 13.0. The van der Waals surface area contributed by atoms with Crippen LogP contribution in [0.5, 0.6) is 0 Å². The summed E-state index contributed by atoms with van der Waals surface area (Å²) >= 11 is 0. The van der Waals surface area contributed by atoms with Crippen molar-refractivity contribution in [3.8, 4) is 33.5 Å². The van der Waals surface area contributed by atoms with Gasteiger partial charge in [0.05, 0.1) is 5.70 Å². The van der Waals surface area contributed by atoms with Crippen LogP contribution >= 0.6 is 0 Å². The molecular formula is C43H32N2. The third-order valence-electron chi connectivity index (χ3n) is 8.88. The maximum Gasteiger partial charge on any atom is 0.0672 e. The number of benzene rings is 6. The highest BCUT2D eigenvalue weighted by Crippen LogP contribution is 2.35. The van der Waals surface area contributed by atoms with Crippen molar-refractivity contribution >= 4 is 22.2 Å². The highest BCUT2D eigenvalue weighted by molar-refractivity contribution is 6.06. The summed E-state index contributed by atoms with van der Waals surface area (Å²) in [6.45, 7) is 0. The van der Waals surface area contributed by atoms with Crippen molar-refractivity contribution in [2.45, 2.75) is 12.3 Å². The van der Waals surface area contributed by atoms with Crippen LogP contribution in [0.2, 0.25) is 0 Å². The number of aromatic amines is 1. The summed E-state index contributed by atoms with van der Waals surface area (Å²) in [5, 5.41) is 2.54. The number of rotatable bonds is 6. The summed E-state index contributed by atoms with van der Waals surface area (Å²) in [6, 6.07) is 56.5. The number of hydrogen-bond donors (Lipinski definition) is 1. The first-order valence-electron chi connectivity index (χ1n) is 15.6. The lowest BCUT2D eigenvalue weighted by atomic mass is 9.86. The maximum atomic E-state index is 5.27. The van der Waals surface area contributed by atoms with Gasteiger partial charge in [0.2, 0.25) is 0 Å². The predicted octanol–water partition coefficient (Wildman–Crippen LogP) is 11.2. The van der Waals surface area contributed by atoms with Crippen LogP contribution < -0.4 is 0 Å². The molecule has 1 aliphatic rings. The summed E-state index contributed by atoms with van der Waals surface area (Å²) < 4.78 is 0. The van der Waals surface area contributed by atoms with Crippen molar-refractivity contribution in [2.75, 3.05) is 0 Å². The Morgan fingerprint density at radius 3 is 1.84 bits per heavy atom. The fourth-order valence-corrected chi connectivity index (χ4v) is 6.45. The van der Waals surface area contributed by atoms with Gasteiger partial charge in [-0.3, -0.25) is 4.99 Å². The summed E-state index contributed by atoms with van der Waals surface area (Å²) in [5.74, 6) is 0.256. The molecule has 8 rings (SSSR count). The maximum absolute atomic E-state index is 5.27. The Morgan fingerprint density at radius 2 is 1.11 bits per heavy atom. The molecule has 2 nitrogen and oxygen atoms in total. The Hall–Kier alpha value is -5.73. The average molecular weight is 577 g/mol. The van der Waals surface area contributed by atoms with E-state index in [1.54, 1.807) is 0 Å². The first-order valence-corrected chi connectivity index (χ1v) is 15.6. The Balaban J connectivity index is 1.11. The van der Waals surface area contributed by atoms with Crippen molar-refractivity contribution in [2.24, 2.45) is 4.99 Å². The second-order valence-corrected chi connectivity index (χ2v) is 11.7. The normalized spacial score (nSPS) is 14.6. The van der Waals surface area contributed by atoms with Gasteiger partial charge in [-0.25, -0.2) is 0 Å². The third kappa shape index (κ3) is 5.43. The van der Waals surface area contributed by atoms with Crippen molar-refractivity contribution in [1.29, 1.82) is 0 Å². The van der Waals surface area contributed by atoms with Gasteiger partial charge in [-0.2, -0.15) is 0 Å². The molecule has 0 aliphatic carbocycles. The molecule has 0 fully saturated rings. The average Bonchev–Trinajstić information content (AvgIpc) is 3.67. The molecule has 7 aromatic rings. The van der Waals surface area contributed by atoms with Crippen molar-refractivity contribution < 1.29 is 0 Å². The molecule has 1 N–H and O–H groups in total. The Morgan fingerprint density at radius 1 is 0.489 bits per heavy atom. The molecule has 1 atom stereocenters. The van der Waals surface area contributed by atoms with E-state index in [1.165, 1.54) is 49.7 Å². The molecule has 1 aromatic heterocycles. The monoisotopic (exact) mass is 576 g/mol. The van der Waals surface area contributed by atoms with E-state index in [4.69, 9.17) is 4.99 Å². The van der Waals surface area contributed by atoms with Crippen LogP contribution in [0, 0.1) is 0 Å². The van der Waals surface area contributed by atoms with Crippen LogP contribution in [0.25, 0.3) is 50.0 Å². The van der Waals surface area contributed by atoms with E-state index in [-0.39, 0.29) is 5.92 Å². The molecule has 1 aliphatic heterocycles. The number of allylic oxidation sites excluding steroid dienone is 1. The van der Waals surface area contributed by atoms with Crippen LogP contribution in [0.3, 0.4) is 0 Å². The summed E-state index contributed by atoms with van der Waals surface area (Å²) in [6.07, 6.45) is 5.16. The van der Waals surface area contributed by atoms with Crippen molar-refractivity contribution in [3.63, 3.8) is 0 Å². The van der Waals surface area contributed by atoms with E-state index < -0.39 is 0 Å². The summed E-state index contributed by atoms with van der Waals surface area (Å²) in [7, 11) is 0. The van der Waals surface area contributed by atoms with E-state index in [9.17, 15) is 0 Å². The van der Waals surface area contributed by atoms with Gasteiger partial charge in [0, 0.05) is 29.9 Å². The zero-order valence-corrected chi connectivity index (χ0v) is 24.9. The van der Waals surface area contributed by atoms with Crippen LogP contribution in [0.15, 0.2) is 175 Å². The van der Waals surface area contributed by atoms with Gasteiger partial charge in [-0.15, -0.1) is 0 Å². The van der Waals surface area contributed by atoms with Crippen molar-refractivity contribution in [1.82, 2.24) is 4.98 Å². The van der Waals surface area contributed by atoms with Crippen molar-refractivity contribution in [3.05, 3.63) is 187 Å². The zero-order valence-electron chi connectivity index (χ0n) is 24.9. The third-order valence-corrected chi connectivity index (χ3v) is 8.88. The number of fused-ring (bicyclic) bond motifs is 1. The van der Waals surface area contributed by atoms with Crippen LogP contribution in [-0.2, 0) is 0 Å². The molecule has 0 saturated heterocycles. The van der Waals surface area contributed by atoms with Gasteiger partial charge >= 0.3 is 0 Å².